The number of benzene rings is 2. The number of primary amides is 1. The Labute approximate surface area is 141 Å². The summed E-state index contributed by atoms with van der Waals surface area (Å²) >= 11 is 0. The molecule has 0 unspecified atom stereocenters. The van der Waals surface area contributed by atoms with Crippen molar-refractivity contribution in [3.05, 3.63) is 71.8 Å². The minimum atomic E-state index is -0.773. The average molecular weight is 326 g/mol. The van der Waals surface area contributed by atoms with Gasteiger partial charge in [-0.2, -0.15) is 0 Å². The number of ether oxygens (including phenoxy) is 1. The first kappa shape index (κ1) is 17.7. The second-order valence-corrected chi connectivity index (χ2v) is 5.51. The molecule has 0 saturated heterocycles. The molecule has 5 nitrogen and oxygen atoms in total. The maximum atomic E-state index is 12.5. The molecule has 2 rings (SSSR count). The van der Waals surface area contributed by atoms with Crippen LogP contribution in [0.2, 0.25) is 0 Å². The molecule has 0 radical (unpaired) electrons. The molecule has 0 aliphatic rings. The molecule has 5 heteroatoms. The zero-order chi connectivity index (χ0) is 17.4. The van der Waals surface area contributed by atoms with E-state index in [1.807, 2.05) is 48.5 Å². The number of carbonyl (C=O) groups excluding carboxylic acids is 2. The SMILES string of the molecule is CO[C@H](C(=O)N[C@@H](CCc1ccccc1)C(N)=O)c1ccccc1. The number of carbonyl (C=O) groups is 2. The van der Waals surface area contributed by atoms with Gasteiger partial charge in [-0.1, -0.05) is 60.7 Å². The zero-order valence-electron chi connectivity index (χ0n) is 13.6. The summed E-state index contributed by atoms with van der Waals surface area (Å²) in [6.07, 6.45) is 0.318. The predicted octanol–water partition coefficient (Wildman–Crippen LogP) is 1.98. The second kappa shape index (κ2) is 8.84. The van der Waals surface area contributed by atoms with Crippen molar-refractivity contribution in [1.82, 2.24) is 5.32 Å². The first-order chi connectivity index (χ1) is 11.6. The van der Waals surface area contributed by atoms with Crippen LogP contribution in [0.5, 0.6) is 0 Å². The Morgan fingerprint density at radius 3 is 2.17 bits per heavy atom. The zero-order valence-corrected chi connectivity index (χ0v) is 13.6. The molecule has 0 bridgehead atoms. The first-order valence-electron chi connectivity index (χ1n) is 7.83. The molecule has 0 aromatic heterocycles. The molecular formula is C19H22N2O3. The van der Waals surface area contributed by atoms with Gasteiger partial charge in [0.1, 0.15) is 6.04 Å². The summed E-state index contributed by atoms with van der Waals surface area (Å²) in [5.41, 5.74) is 7.25. The lowest BCUT2D eigenvalue weighted by Gasteiger charge is -2.20. The average Bonchev–Trinajstić information content (AvgIpc) is 2.61. The van der Waals surface area contributed by atoms with Crippen molar-refractivity contribution in [2.45, 2.75) is 25.0 Å². The maximum Gasteiger partial charge on any atom is 0.254 e. The number of rotatable bonds is 8. The summed E-state index contributed by atoms with van der Waals surface area (Å²) < 4.78 is 5.28. The Morgan fingerprint density at radius 2 is 1.62 bits per heavy atom. The quantitative estimate of drug-likeness (QED) is 0.778. The van der Waals surface area contributed by atoms with Crippen LogP contribution in [0.25, 0.3) is 0 Å². The number of methoxy groups -OCH3 is 1. The van der Waals surface area contributed by atoms with Crippen LogP contribution < -0.4 is 11.1 Å². The third-order valence-electron chi connectivity index (χ3n) is 3.80. The number of nitrogens with two attached hydrogens (primary N) is 1. The molecule has 0 fully saturated rings. The van der Waals surface area contributed by atoms with Gasteiger partial charge in [0.15, 0.2) is 6.10 Å². The second-order valence-electron chi connectivity index (χ2n) is 5.51. The fourth-order valence-corrected chi connectivity index (χ4v) is 2.51. The Balaban J connectivity index is 2.01. The summed E-state index contributed by atoms with van der Waals surface area (Å²) in [6.45, 7) is 0. The number of nitrogens with one attached hydrogen (secondary N) is 1. The fourth-order valence-electron chi connectivity index (χ4n) is 2.51. The number of amides is 2. The summed E-state index contributed by atoms with van der Waals surface area (Å²) in [6, 6.07) is 18.1. The maximum absolute atomic E-state index is 12.5. The third-order valence-corrected chi connectivity index (χ3v) is 3.80. The van der Waals surface area contributed by atoms with Crippen LogP contribution in [0.4, 0.5) is 0 Å². The van der Waals surface area contributed by atoms with Gasteiger partial charge >= 0.3 is 0 Å². The number of aryl methyl sites for hydroxylation is 1. The van der Waals surface area contributed by atoms with Crippen molar-refractivity contribution in [1.29, 1.82) is 0 Å². The molecule has 0 spiro atoms. The van der Waals surface area contributed by atoms with Crippen molar-refractivity contribution in [2.24, 2.45) is 5.73 Å². The highest BCUT2D eigenvalue weighted by Crippen LogP contribution is 2.17. The van der Waals surface area contributed by atoms with Crippen LogP contribution >= 0.6 is 0 Å². The van der Waals surface area contributed by atoms with Crippen LogP contribution in [-0.4, -0.2) is 25.0 Å². The Hall–Kier alpha value is -2.66. The fraction of sp³-hybridized carbons (Fsp3) is 0.263. The smallest absolute Gasteiger partial charge is 0.254 e. The normalized spacial score (nSPS) is 13.0. The summed E-state index contributed by atoms with van der Waals surface area (Å²) in [7, 11) is 1.46. The van der Waals surface area contributed by atoms with Crippen LogP contribution in [0.3, 0.4) is 0 Å². The Kier molecular flexibility index (Phi) is 6.51. The highest BCUT2D eigenvalue weighted by Gasteiger charge is 2.25. The van der Waals surface area contributed by atoms with E-state index in [4.69, 9.17) is 10.5 Å². The molecule has 126 valence electrons. The van der Waals surface area contributed by atoms with E-state index in [2.05, 4.69) is 5.32 Å². The molecule has 0 saturated carbocycles. The monoisotopic (exact) mass is 326 g/mol. The number of hydrogen-bond acceptors (Lipinski definition) is 3. The van der Waals surface area contributed by atoms with Crippen LogP contribution in [0, 0.1) is 0 Å². The van der Waals surface area contributed by atoms with E-state index in [1.165, 1.54) is 7.11 Å². The van der Waals surface area contributed by atoms with Crippen molar-refractivity contribution < 1.29 is 14.3 Å². The summed E-state index contributed by atoms with van der Waals surface area (Å²) in [4.78, 5) is 24.1. The molecule has 2 aromatic rings. The molecular weight excluding hydrogens is 304 g/mol. The number of hydrogen-bond donors (Lipinski definition) is 2. The van der Waals surface area contributed by atoms with Gasteiger partial charge in [0.2, 0.25) is 5.91 Å². The van der Waals surface area contributed by atoms with E-state index >= 15 is 0 Å². The van der Waals surface area contributed by atoms with Gasteiger partial charge in [0.25, 0.3) is 5.91 Å². The van der Waals surface area contributed by atoms with Gasteiger partial charge in [0, 0.05) is 7.11 Å². The molecule has 0 aliphatic heterocycles. The van der Waals surface area contributed by atoms with Crippen molar-refractivity contribution in [3.8, 4) is 0 Å². The summed E-state index contributed by atoms with van der Waals surface area (Å²) in [5.74, 6) is -0.928. The van der Waals surface area contributed by atoms with Crippen molar-refractivity contribution in [2.75, 3.05) is 7.11 Å². The van der Waals surface area contributed by atoms with Gasteiger partial charge in [-0.15, -0.1) is 0 Å². The van der Waals surface area contributed by atoms with Gasteiger partial charge in [-0.05, 0) is 24.0 Å². The molecule has 2 aromatic carbocycles. The van der Waals surface area contributed by atoms with E-state index in [0.29, 0.717) is 12.8 Å². The topological polar surface area (TPSA) is 81.4 Å². The van der Waals surface area contributed by atoms with E-state index in [-0.39, 0.29) is 5.91 Å². The predicted molar refractivity (Wildman–Crippen MR) is 92.1 cm³/mol. The van der Waals surface area contributed by atoms with E-state index in [9.17, 15) is 9.59 Å². The molecule has 3 N–H and O–H groups in total. The molecule has 2 amide bonds. The van der Waals surface area contributed by atoms with Gasteiger partial charge in [-0.25, -0.2) is 0 Å². The Bertz CT molecular complexity index is 659. The minimum absolute atomic E-state index is 0.374. The lowest BCUT2D eigenvalue weighted by Crippen LogP contribution is -2.46. The van der Waals surface area contributed by atoms with Gasteiger partial charge < -0.3 is 15.8 Å². The van der Waals surface area contributed by atoms with E-state index in [1.54, 1.807) is 12.1 Å². The third kappa shape index (κ3) is 4.93. The standard InChI is InChI=1S/C19H22N2O3/c1-24-17(15-10-6-3-7-11-15)19(23)21-16(18(20)22)13-12-14-8-4-2-5-9-14/h2-11,16-17H,12-13H2,1H3,(H2,20,22)(H,21,23)/t16-,17-/m0/s1. The molecule has 2 atom stereocenters. The minimum Gasteiger partial charge on any atom is -0.368 e. The highest BCUT2D eigenvalue weighted by molar-refractivity contribution is 5.89. The highest BCUT2D eigenvalue weighted by atomic mass is 16.5. The lowest BCUT2D eigenvalue weighted by atomic mass is 10.0. The molecule has 0 heterocycles. The van der Waals surface area contributed by atoms with Crippen molar-refractivity contribution >= 4 is 11.8 Å². The lowest BCUT2D eigenvalue weighted by molar-refractivity contribution is -0.135. The van der Waals surface area contributed by atoms with Crippen LogP contribution in [0.1, 0.15) is 23.7 Å². The Morgan fingerprint density at radius 1 is 1.04 bits per heavy atom. The van der Waals surface area contributed by atoms with Crippen LogP contribution in [0.15, 0.2) is 60.7 Å². The van der Waals surface area contributed by atoms with Gasteiger partial charge in [0.05, 0.1) is 0 Å². The van der Waals surface area contributed by atoms with E-state index in [0.717, 1.165) is 11.1 Å². The van der Waals surface area contributed by atoms with Crippen molar-refractivity contribution in [3.63, 3.8) is 0 Å². The largest absolute Gasteiger partial charge is 0.368 e. The van der Waals surface area contributed by atoms with Gasteiger partial charge in [-0.3, -0.25) is 9.59 Å². The summed E-state index contributed by atoms with van der Waals surface area (Å²) in [5, 5.41) is 2.70. The first-order valence-corrected chi connectivity index (χ1v) is 7.83. The van der Waals surface area contributed by atoms with Crippen LogP contribution in [-0.2, 0) is 20.7 Å². The molecule has 0 aliphatic carbocycles. The molecule has 24 heavy (non-hydrogen) atoms. The van der Waals surface area contributed by atoms with E-state index < -0.39 is 18.1 Å².